The zero-order valence-corrected chi connectivity index (χ0v) is 16.3. The molecule has 0 saturated heterocycles. The molecule has 0 amide bonds. The molecule has 2 aromatic heterocycles. The Morgan fingerprint density at radius 2 is 1.97 bits per heavy atom. The summed E-state index contributed by atoms with van der Waals surface area (Å²) in [7, 11) is 0. The second-order valence-corrected chi connectivity index (χ2v) is 7.67. The van der Waals surface area contributed by atoms with Gasteiger partial charge in [0.15, 0.2) is 0 Å². The lowest BCUT2D eigenvalue weighted by Crippen LogP contribution is -2.11. The number of alkyl halides is 3. The van der Waals surface area contributed by atoms with Crippen molar-refractivity contribution in [3.8, 4) is 0 Å². The number of carbonyl (C=O) groups is 1. The van der Waals surface area contributed by atoms with Crippen LogP contribution < -0.4 is 0 Å². The lowest BCUT2D eigenvalue weighted by Gasteiger charge is -2.14. The molecule has 1 N–H and O–H groups in total. The second kappa shape index (κ2) is 7.16. The van der Waals surface area contributed by atoms with Gasteiger partial charge in [0.1, 0.15) is 0 Å². The Morgan fingerprint density at radius 1 is 1.20 bits per heavy atom. The summed E-state index contributed by atoms with van der Waals surface area (Å²) in [5, 5.41) is 13.9. The number of fused-ring (bicyclic) bond motifs is 2. The number of halogens is 3. The Hall–Kier alpha value is -3.36. The van der Waals surface area contributed by atoms with E-state index in [4.69, 9.17) is 5.11 Å². The molecule has 0 unspecified atom stereocenters. The fraction of sp³-hybridized carbons (Fsp3) is 0.286. The summed E-state index contributed by atoms with van der Waals surface area (Å²) in [5.41, 5.74) is 1.60. The molecule has 0 atom stereocenters. The maximum Gasteiger partial charge on any atom is 0.416 e. The van der Waals surface area contributed by atoms with Crippen molar-refractivity contribution >= 4 is 27.9 Å². The fourth-order valence-corrected chi connectivity index (χ4v) is 3.60. The number of carboxylic acid groups (broad SMARTS) is 1. The quantitative estimate of drug-likeness (QED) is 0.507. The molecule has 156 valence electrons. The number of hydrogen-bond acceptors (Lipinski definition) is 3. The predicted octanol–water partition coefficient (Wildman–Crippen LogP) is 4.81. The third kappa shape index (κ3) is 3.62. The molecule has 0 aliphatic heterocycles. The van der Waals surface area contributed by atoms with Gasteiger partial charge in [-0.3, -0.25) is 4.68 Å². The summed E-state index contributed by atoms with van der Waals surface area (Å²) in [6.45, 7) is 4.75. The van der Waals surface area contributed by atoms with E-state index in [1.807, 2.05) is 13.8 Å². The molecule has 2 aromatic carbocycles. The van der Waals surface area contributed by atoms with Crippen LogP contribution in [0.2, 0.25) is 0 Å². The number of aromatic nitrogens is 4. The maximum absolute atomic E-state index is 13.5. The highest BCUT2D eigenvalue weighted by Gasteiger charge is 2.32. The third-order valence-corrected chi connectivity index (χ3v) is 4.89. The van der Waals surface area contributed by atoms with Gasteiger partial charge in [-0.25, -0.2) is 9.78 Å². The third-order valence-electron chi connectivity index (χ3n) is 4.89. The van der Waals surface area contributed by atoms with E-state index >= 15 is 0 Å². The number of rotatable bonds is 5. The van der Waals surface area contributed by atoms with Crippen molar-refractivity contribution in [3.63, 3.8) is 0 Å². The highest BCUT2D eigenvalue weighted by Crippen LogP contribution is 2.34. The van der Waals surface area contributed by atoms with E-state index in [0.717, 1.165) is 12.1 Å². The van der Waals surface area contributed by atoms with E-state index in [-0.39, 0.29) is 18.0 Å². The summed E-state index contributed by atoms with van der Waals surface area (Å²) in [4.78, 5) is 15.4. The maximum atomic E-state index is 13.5. The number of imidazole rings is 1. The van der Waals surface area contributed by atoms with Gasteiger partial charge in [-0.05, 0) is 41.8 Å². The van der Waals surface area contributed by atoms with Gasteiger partial charge in [0.25, 0.3) is 0 Å². The van der Waals surface area contributed by atoms with Crippen LogP contribution in [0, 0.1) is 5.92 Å². The molecule has 2 heterocycles. The Kier molecular flexibility index (Phi) is 4.76. The fourth-order valence-electron chi connectivity index (χ4n) is 3.60. The van der Waals surface area contributed by atoms with Crippen LogP contribution in [0.15, 0.2) is 42.9 Å². The largest absolute Gasteiger partial charge is 0.478 e. The van der Waals surface area contributed by atoms with E-state index in [1.54, 1.807) is 15.3 Å². The lowest BCUT2D eigenvalue weighted by atomic mass is 10.1. The topological polar surface area (TPSA) is 72.9 Å². The normalized spacial score (nSPS) is 12.3. The molecule has 9 heteroatoms. The van der Waals surface area contributed by atoms with Crippen LogP contribution in [0.5, 0.6) is 0 Å². The van der Waals surface area contributed by atoms with Crippen molar-refractivity contribution in [1.82, 2.24) is 19.3 Å². The summed E-state index contributed by atoms with van der Waals surface area (Å²) >= 11 is 0. The van der Waals surface area contributed by atoms with Gasteiger partial charge >= 0.3 is 12.1 Å². The van der Waals surface area contributed by atoms with E-state index < -0.39 is 17.7 Å². The van der Waals surface area contributed by atoms with Crippen molar-refractivity contribution in [2.24, 2.45) is 5.92 Å². The molecule has 0 aliphatic rings. The first kappa shape index (κ1) is 19.9. The minimum Gasteiger partial charge on any atom is -0.478 e. The minimum atomic E-state index is -4.48. The average molecular weight is 416 g/mol. The van der Waals surface area contributed by atoms with Gasteiger partial charge < -0.3 is 9.67 Å². The van der Waals surface area contributed by atoms with E-state index in [2.05, 4.69) is 10.1 Å². The van der Waals surface area contributed by atoms with Crippen molar-refractivity contribution in [3.05, 3.63) is 59.5 Å². The number of benzene rings is 2. The standard InChI is InChI=1S/C21H19F3N4O2/c1-12(2)9-28-19-14(8-26-28)5-16(21(22,23)24)6-15(19)10-27-11-25-17-7-13(20(29)30)3-4-18(17)27/h3-8,11-12H,9-10H2,1-2H3,(H,29,30). The van der Waals surface area contributed by atoms with Crippen molar-refractivity contribution < 1.29 is 23.1 Å². The van der Waals surface area contributed by atoms with Crippen molar-refractivity contribution in [2.75, 3.05) is 0 Å². The zero-order valence-electron chi connectivity index (χ0n) is 16.3. The van der Waals surface area contributed by atoms with Crippen LogP contribution in [0.1, 0.15) is 35.3 Å². The summed E-state index contributed by atoms with van der Waals surface area (Å²) in [6, 6.07) is 6.78. The van der Waals surface area contributed by atoms with Crippen LogP contribution >= 0.6 is 0 Å². The molecule has 0 aliphatic carbocycles. The molecule has 4 rings (SSSR count). The lowest BCUT2D eigenvalue weighted by molar-refractivity contribution is -0.137. The average Bonchev–Trinajstić information content (AvgIpc) is 3.24. The van der Waals surface area contributed by atoms with E-state index in [0.29, 0.717) is 34.0 Å². The van der Waals surface area contributed by atoms with Gasteiger partial charge in [-0.2, -0.15) is 18.3 Å². The second-order valence-electron chi connectivity index (χ2n) is 7.67. The van der Waals surface area contributed by atoms with Gasteiger partial charge in [-0.1, -0.05) is 13.8 Å². The van der Waals surface area contributed by atoms with E-state index in [9.17, 15) is 18.0 Å². The molecular formula is C21H19F3N4O2. The van der Waals surface area contributed by atoms with Gasteiger partial charge in [0.2, 0.25) is 0 Å². The summed E-state index contributed by atoms with van der Waals surface area (Å²) < 4.78 is 43.8. The van der Waals surface area contributed by atoms with Crippen LogP contribution in [-0.2, 0) is 19.3 Å². The molecule has 0 bridgehead atoms. The first-order valence-electron chi connectivity index (χ1n) is 9.37. The Bertz CT molecular complexity index is 1250. The predicted molar refractivity (Wildman–Crippen MR) is 105 cm³/mol. The zero-order chi connectivity index (χ0) is 21.6. The summed E-state index contributed by atoms with van der Waals surface area (Å²) in [6.07, 6.45) is -1.51. The Balaban J connectivity index is 1.85. The van der Waals surface area contributed by atoms with Crippen LogP contribution in [0.4, 0.5) is 13.2 Å². The number of hydrogen-bond donors (Lipinski definition) is 1. The molecule has 0 radical (unpaired) electrons. The molecule has 0 fully saturated rings. The molecule has 0 saturated carbocycles. The minimum absolute atomic E-state index is 0.101. The van der Waals surface area contributed by atoms with Crippen molar-refractivity contribution in [2.45, 2.75) is 33.1 Å². The van der Waals surface area contributed by atoms with Gasteiger partial charge in [0.05, 0.1) is 46.7 Å². The highest BCUT2D eigenvalue weighted by atomic mass is 19.4. The molecule has 0 spiro atoms. The Morgan fingerprint density at radius 3 is 2.63 bits per heavy atom. The van der Waals surface area contributed by atoms with Gasteiger partial charge in [-0.15, -0.1) is 0 Å². The SMILES string of the molecule is CC(C)Cn1ncc2cc(C(F)(F)F)cc(Cn3cnc4cc(C(=O)O)ccc43)c21. The van der Waals surface area contributed by atoms with Gasteiger partial charge in [0, 0.05) is 11.9 Å². The number of nitrogens with zero attached hydrogens (tertiary/aromatic N) is 4. The first-order chi connectivity index (χ1) is 14.1. The molecule has 6 nitrogen and oxygen atoms in total. The summed E-state index contributed by atoms with van der Waals surface area (Å²) in [5.74, 6) is -0.796. The van der Waals surface area contributed by atoms with Crippen LogP contribution in [0.25, 0.3) is 21.9 Å². The van der Waals surface area contributed by atoms with Crippen LogP contribution in [0.3, 0.4) is 0 Å². The number of carboxylic acids is 1. The smallest absolute Gasteiger partial charge is 0.416 e. The molecular weight excluding hydrogens is 397 g/mol. The number of aromatic carboxylic acids is 1. The molecule has 4 aromatic rings. The monoisotopic (exact) mass is 416 g/mol. The van der Waals surface area contributed by atoms with Crippen molar-refractivity contribution in [1.29, 1.82) is 0 Å². The highest BCUT2D eigenvalue weighted by molar-refractivity contribution is 5.92. The van der Waals surface area contributed by atoms with E-state index in [1.165, 1.54) is 24.7 Å². The Labute approximate surface area is 169 Å². The first-order valence-corrected chi connectivity index (χ1v) is 9.37. The van der Waals surface area contributed by atoms with Crippen LogP contribution in [-0.4, -0.2) is 30.4 Å². The molecule has 30 heavy (non-hydrogen) atoms.